The summed E-state index contributed by atoms with van der Waals surface area (Å²) in [5.41, 5.74) is 2.50. The minimum atomic E-state index is -0.568. The maximum atomic E-state index is 12.2. The zero-order valence-corrected chi connectivity index (χ0v) is 15.6. The van der Waals surface area contributed by atoms with E-state index in [0.29, 0.717) is 18.8 Å². The van der Waals surface area contributed by atoms with Crippen molar-refractivity contribution in [3.8, 4) is 0 Å². The summed E-state index contributed by atoms with van der Waals surface area (Å²) in [7, 11) is 0. The summed E-state index contributed by atoms with van der Waals surface area (Å²) in [5.74, 6) is -0.279. The smallest absolute Gasteiger partial charge is 0.291 e. The minimum absolute atomic E-state index is 0.194. The van der Waals surface area contributed by atoms with Crippen LogP contribution in [0.5, 0.6) is 0 Å². The zero-order valence-electron chi connectivity index (χ0n) is 15.6. The van der Waals surface area contributed by atoms with Crippen LogP contribution in [0.1, 0.15) is 28.6 Å². The standard InChI is InChI=1S/C22H22N2O4/c1-16(28-15-17-7-3-2-4-8-17)21(25)23-14-18-9-5-10-19(13-18)24-22(26)20-11-6-12-27-20/h2-13,16H,14-15H2,1H3,(H,23,25)(H,24,26)/t16-/m1/s1. The van der Waals surface area contributed by atoms with Gasteiger partial charge in [0.1, 0.15) is 6.10 Å². The summed E-state index contributed by atoms with van der Waals surface area (Å²) < 4.78 is 10.7. The molecule has 0 aliphatic carbocycles. The highest BCUT2D eigenvalue weighted by Crippen LogP contribution is 2.13. The molecule has 1 aromatic heterocycles. The van der Waals surface area contributed by atoms with Gasteiger partial charge in [-0.3, -0.25) is 9.59 Å². The Labute approximate surface area is 163 Å². The number of nitrogens with one attached hydrogen (secondary N) is 2. The Hall–Kier alpha value is -3.38. The van der Waals surface area contributed by atoms with Crippen LogP contribution in [0.4, 0.5) is 5.69 Å². The fourth-order valence-corrected chi connectivity index (χ4v) is 2.56. The first-order valence-electron chi connectivity index (χ1n) is 8.99. The molecule has 6 heteroatoms. The molecule has 3 aromatic rings. The van der Waals surface area contributed by atoms with Gasteiger partial charge in [-0.05, 0) is 42.3 Å². The number of ether oxygens (including phenoxy) is 1. The molecule has 2 N–H and O–H groups in total. The van der Waals surface area contributed by atoms with E-state index in [1.54, 1.807) is 31.2 Å². The largest absolute Gasteiger partial charge is 0.459 e. The number of hydrogen-bond acceptors (Lipinski definition) is 4. The zero-order chi connectivity index (χ0) is 19.8. The molecule has 1 atom stereocenters. The molecule has 0 fully saturated rings. The first kappa shape index (κ1) is 19.4. The van der Waals surface area contributed by atoms with E-state index in [2.05, 4.69) is 10.6 Å². The van der Waals surface area contributed by atoms with Gasteiger partial charge in [0.15, 0.2) is 5.76 Å². The van der Waals surface area contributed by atoms with Gasteiger partial charge in [-0.25, -0.2) is 0 Å². The van der Waals surface area contributed by atoms with Crippen LogP contribution in [-0.2, 0) is 22.7 Å². The molecule has 1 heterocycles. The lowest BCUT2D eigenvalue weighted by molar-refractivity contribution is -0.132. The molecule has 144 valence electrons. The van der Waals surface area contributed by atoms with Gasteiger partial charge in [-0.1, -0.05) is 42.5 Å². The number of carbonyl (C=O) groups is 2. The second-order valence-corrected chi connectivity index (χ2v) is 6.29. The lowest BCUT2D eigenvalue weighted by Crippen LogP contribution is -2.34. The summed E-state index contributed by atoms with van der Waals surface area (Å²) >= 11 is 0. The molecule has 2 aromatic carbocycles. The average Bonchev–Trinajstić information content (AvgIpc) is 3.26. The molecule has 0 aliphatic rings. The van der Waals surface area contributed by atoms with E-state index in [-0.39, 0.29) is 17.6 Å². The van der Waals surface area contributed by atoms with Gasteiger partial charge in [-0.2, -0.15) is 0 Å². The van der Waals surface area contributed by atoms with Crippen LogP contribution in [0, 0.1) is 0 Å². The third kappa shape index (κ3) is 5.56. The molecular weight excluding hydrogens is 356 g/mol. The van der Waals surface area contributed by atoms with Crippen molar-refractivity contribution >= 4 is 17.5 Å². The molecule has 6 nitrogen and oxygen atoms in total. The summed E-state index contributed by atoms with van der Waals surface area (Å²) in [6.07, 6.45) is 0.879. The molecule has 0 aliphatic heterocycles. The van der Waals surface area contributed by atoms with Gasteiger partial charge in [0.25, 0.3) is 5.91 Å². The number of carbonyl (C=O) groups excluding carboxylic acids is 2. The maximum Gasteiger partial charge on any atom is 0.291 e. The molecule has 0 saturated heterocycles. The summed E-state index contributed by atoms with van der Waals surface area (Å²) in [6.45, 7) is 2.43. The number of rotatable bonds is 8. The van der Waals surface area contributed by atoms with Crippen molar-refractivity contribution in [2.75, 3.05) is 5.32 Å². The molecule has 28 heavy (non-hydrogen) atoms. The normalized spacial score (nSPS) is 11.6. The lowest BCUT2D eigenvalue weighted by atomic mass is 10.2. The summed E-state index contributed by atoms with van der Waals surface area (Å²) in [4.78, 5) is 24.3. The molecule has 0 saturated carbocycles. The van der Waals surface area contributed by atoms with Gasteiger partial charge >= 0.3 is 0 Å². The summed E-state index contributed by atoms with van der Waals surface area (Å²) in [5, 5.41) is 5.61. The average molecular weight is 378 g/mol. The molecule has 0 bridgehead atoms. The van der Waals surface area contributed by atoms with Crippen LogP contribution in [0.2, 0.25) is 0 Å². The quantitative estimate of drug-likeness (QED) is 0.625. The van der Waals surface area contributed by atoms with Crippen molar-refractivity contribution in [1.82, 2.24) is 5.32 Å². The molecule has 3 rings (SSSR count). The minimum Gasteiger partial charge on any atom is -0.459 e. The van der Waals surface area contributed by atoms with E-state index in [9.17, 15) is 9.59 Å². The SMILES string of the molecule is C[C@@H](OCc1ccccc1)C(=O)NCc1cccc(NC(=O)c2ccco2)c1. The molecule has 0 radical (unpaired) electrons. The van der Waals surface area contributed by atoms with E-state index >= 15 is 0 Å². The van der Waals surface area contributed by atoms with Crippen molar-refractivity contribution in [2.45, 2.75) is 26.2 Å². The van der Waals surface area contributed by atoms with E-state index in [1.165, 1.54) is 6.26 Å². The van der Waals surface area contributed by atoms with Gasteiger partial charge in [0.2, 0.25) is 5.91 Å². The van der Waals surface area contributed by atoms with E-state index < -0.39 is 6.10 Å². The lowest BCUT2D eigenvalue weighted by Gasteiger charge is -2.14. The van der Waals surface area contributed by atoms with Crippen molar-refractivity contribution < 1.29 is 18.7 Å². The van der Waals surface area contributed by atoms with Crippen LogP contribution in [-0.4, -0.2) is 17.9 Å². The van der Waals surface area contributed by atoms with Gasteiger partial charge in [0, 0.05) is 12.2 Å². The number of furan rings is 1. The first-order valence-corrected chi connectivity index (χ1v) is 8.99. The van der Waals surface area contributed by atoms with Gasteiger partial charge in [0.05, 0.1) is 12.9 Å². The Morgan fingerprint density at radius 3 is 2.54 bits per heavy atom. The van der Waals surface area contributed by atoms with E-state index in [0.717, 1.165) is 11.1 Å². The van der Waals surface area contributed by atoms with Gasteiger partial charge in [-0.15, -0.1) is 0 Å². The van der Waals surface area contributed by atoms with Crippen LogP contribution >= 0.6 is 0 Å². The van der Waals surface area contributed by atoms with Crippen LogP contribution in [0.25, 0.3) is 0 Å². The second-order valence-electron chi connectivity index (χ2n) is 6.29. The maximum absolute atomic E-state index is 12.2. The highest BCUT2D eigenvalue weighted by atomic mass is 16.5. The third-order valence-corrected chi connectivity index (χ3v) is 4.11. The fourth-order valence-electron chi connectivity index (χ4n) is 2.56. The highest BCUT2D eigenvalue weighted by Gasteiger charge is 2.13. The van der Waals surface area contributed by atoms with E-state index in [1.807, 2.05) is 42.5 Å². The monoisotopic (exact) mass is 378 g/mol. The highest BCUT2D eigenvalue weighted by molar-refractivity contribution is 6.02. The Kier molecular flexibility index (Phi) is 6.59. The van der Waals surface area contributed by atoms with Crippen molar-refractivity contribution in [3.63, 3.8) is 0 Å². The predicted molar refractivity (Wildman–Crippen MR) is 106 cm³/mol. The number of benzene rings is 2. The second kappa shape index (κ2) is 9.53. The summed E-state index contributed by atoms with van der Waals surface area (Å²) in [6, 6.07) is 20.2. The van der Waals surface area contributed by atoms with Crippen LogP contribution < -0.4 is 10.6 Å². The number of anilines is 1. The molecule has 2 amide bonds. The van der Waals surface area contributed by atoms with Crippen molar-refractivity contribution in [2.24, 2.45) is 0 Å². The molecular formula is C22H22N2O4. The predicted octanol–water partition coefficient (Wildman–Crippen LogP) is 3.75. The third-order valence-electron chi connectivity index (χ3n) is 4.11. The van der Waals surface area contributed by atoms with Crippen LogP contribution in [0.3, 0.4) is 0 Å². The fraction of sp³-hybridized carbons (Fsp3) is 0.182. The number of amides is 2. The Morgan fingerprint density at radius 1 is 1.00 bits per heavy atom. The number of hydrogen-bond donors (Lipinski definition) is 2. The van der Waals surface area contributed by atoms with Crippen molar-refractivity contribution in [1.29, 1.82) is 0 Å². The van der Waals surface area contributed by atoms with E-state index in [4.69, 9.17) is 9.15 Å². The Morgan fingerprint density at radius 2 is 1.79 bits per heavy atom. The molecule has 0 unspecified atom stereocenters. The molecule has 0 spiro atoms. The topological polar surface area (TPSA) is 80.6 Å². The Bertz CT molecular complexity index is 907. The Balaban J connectivity index is 1.48. The first-order chi connectivity index (χ1) is 13.6. The van der Waals surface area contributed by atoms with Crippen LogP contribution in [0.15, 0.2) is 77.4 Å². The van der Waals surface area contributed by atoms with Gasteiger partial charge < -0.3 is 19.8 Å². The van der Waals surface area contributed by atoms with Crippen molar-refractivity contribution in [3.05, 3.63) is 89.9 Å².